The highest BCUT2D eigenvalue weighted by molar-refractivity contribution is 7.99. The summed E-state index contributed by atoms with van der Waals surface area (Å²) in [5.41, 5.74) is 2.90. The number of nitrogens with zero attached hydrogens (tertiary/aromatic N) is 3. The van der Waals surface area contributed by atoms with Crippen LogP contribution in [0.15, 0.2) is 5.16 Å². The molecule has 1 aliphatic rings. The van der Waals surface area contributed by atoms with Crippen molar-refractivity contribution in [2.75, 3.05) is 7.05 Å². The summed E-state index contributed by atoms with van der Waals surface area (Å²) < 4.78 is 0. The second-order valence-corrected chi connectivity index (χ2v) is 6.85. The van der Waals surface area contributed by atoms with Gasteiger partial charge in [0.2, 0.25) is 0 Å². The highest BCUT2D eigenvalue weighted by atomic mass is 32.2. The average molecular weight is 290 g/mol. The van der Waals surface area contributed by atoms with Gasteiger partial charge in [0.25, 0.3) is 0 Å². The predicted molar refractivity (Wildman–Crippen MR) is 81.8 cm³/mol. The van der Waals surface area contributed by atoms with Crippen molar-refractivity contribution in [1.29, 1.82) is 5.26 Å². The number of aryl methyl sites for hydroxylation is 2. The fraction of sp³-hybridized carbons (Fsp3) is 0.667. The quantitative estimate of drug-likeness (QED) is 0.867. The van der Waals surface area contributed by atoms with Gasteiger partial charge in [0, 0.05) is 16.6 Å². The fourth-order valence-electron chi connectivity index (χ4n) is 2.65. The zero-order valence-electron chi connectivity index (χ0n) is 12.7. The minimum atomic E-state index is -0.370. The van der Waals surface area contributed by atoms with Crippen LogP contribution in [0.1, 0.15) is 42.6 Å². The van der Waals surface area contributed by atoms with Crippen molar-refractivity contribution >= 4 is 11.8 Å². The van der Waals surface area contributed by atoms with Gasteiger partial charge in [0.1, 0.15) is 5.54 Å². The first-order valence-electron chi connectivity index (χ1n) is 7.08. The third-order valence-corrected chi connectivity index (χ3v) is 5.41. The number of thioether (sulfide) groups is 1. The standard InChI is InChI=1S/C15H22N4S/c1-10-11(2)18-14(19-12(10)3)20-13-6-5-7-15(8-13,9-16)17-4/h13,17H,5-8H2,1-4H3. The molecule has 5 heteroatoms. The van der Waals surface area contributed by atoms with Crippen molar-refractivity contribution in [1.82, 2.24) is 15.3 Å². The molecule has 1 fully saturated rings. The van der Waals surface area contributed by atoms with Gasteiger partial charge in [-0.1, -0.05) is 11.8 Å². The zero-order valence-corrected chi connectivity index (χ0v) is 13.5. The van der Waals surface area contributed by atoms with Gasteiger partial charge in [-0.05, 0) is 59.1 Å². The van der Waals surface area contributed by atoms with E-state index in [4.69, 9.17) is 0 Å². The highest BCUT2D eigenvalue weighted by Crippen LogP contribution is 2.37. The van der Waals surface area contributed by atoms with E-state index in [0.717, 1.165) is 42.2 Å². The maximum Gasteiger partial charge on any atom is 0.188 e. The van der Waals surface area contributed by atoms with E-state index in [9.17, 15) is 5.26 Å². The van der Waals surface area contributed by atoms with Crippen LogP contribution in [0.5, 0.6) is 0 Å². The van der Waals surface area contributed by atoms with Crippen molar-refractivity contribution in [3.05, 3.63) is 17.0 Å². The minimum absolute atomic E-state index is 0.370. The van der Waals surface area contributed by atoms with E-state index in [2.05, 4.69) is 28.3 Å². The van der Waals surface area contributed by atoms with Gasteiger partial charge in [-0.2, -0.15) is 5.26 Å². The van der Waals surface area contributed by atoms with Gasteiger partial charge in [-0.15, -0.1) is 0 Å². The molecule has 0 spiro atoms. The van der Waals surface area contributed by atoms with Crippen LogP contribution in [0.4, 0.5) is 0 Å². The summed E-state index contributed by atoms with van der Waals surface area (Å²) in [6, 6.07) is 2.45. The van der Waals surface area contributed by atoms with Crippen LogP contribution in [-0.2, 0) is 0 Å². The van der Waals surface area contributed by atoms with Gasteiger partial charge in [-0.25, -0.2) is 9.97 Å². The second-order valence-electron chi connectivity index (χ2n) is 5.58. The molecule has 2 rings (SSSR count). The number of hydrogen-bond acceptors (Lipinski definition) is 5. The lowest BCUT2D eigenvalue weighted by molar-refractivity contribution is 0.323. The van der Waals surface area contributed by atoms with E-state index in [0.29, 0.717) is 5.25 Å². The first-order valence-corrected chi connectivity index (χ1v) is 7.96. The largest absolute Gasteiger partial charge is 0.302 e. The third-order valence-electron chi connectivity index (χ3n) is 4.28. The van der Waals surface area contributed by atoms with E-state index in [1.54, 1.807) is 11.8 Å². The molecule has 0 bridgehead atoms. The van der Waals surface area contributed by atoms with Crippen LogP contribution in [0.25, 0.3) is 0 Å². The molecule has 0 radical (unpaired) electrons. The van der Waals surface area contributed by atoms with Crippen LogP contribution in [-0.4, -0.2) is 27.8 Å². The van der Waals surface area contributed by atoms with Gasteiger partial charge in [0.05, 0.1) is 6.07 Å². The van der Waals surface area contributed by atoms with Gasteiger partial charge in [-0.3, -0.25) is 0 Å². The molecule has 2 atom stereocenters. The average Bonchev–Trinajstić information content (AvgIpc) is 2.45. The van der Waals surface area contributed by atoms with Gasteiger partial charge >= 0.3 is 0 Å². The Balaban J connectivity index is 2.13. The summed E-state index contributed by atoms with van der Waals surface area (Å²) in [5.74, 6) is 0. The molecular formula is C15H22N4S. The van der Waals surface area contributed by atoms with E-state index in [-0.39, 0.29) is 5.54 Å². The number of nitriles is 1. The molecule has 0 amide bonds. The van der Waals surface area contributed by atoms with Crippen molar-refractivity contribution in [2.24, 2.45) is 0 Å². The topological polar surface area (TPSA) is 61.6 Å². The molecule has 0 saturated heterocycles. The van der Waals surface area contributed by atoms with Crippen LogP contribution < -0.4 is 5.32 Å². The second kappa shape index (κ2) is 6.11. The van der Waals surface area contributed by atoms with Gasteiger partial charge < -0.3 is 5.32 Å². The van der Waals surface area contributed by atoms with Crippen molar-refractivity contribution in [2.45, 2.75) is 62.4 Å². The molecule has 1 aliphatic carbocycles. The Morgan fingerprint density at radius 2 is 1.95 bits per heavy atom. The van der Waals surface area contributed by atoms with Crippen molar-refractivity contribution < 1.29 is 0 Å². The molecule has 108 valence electrons. The summed E-state index contributed by atoms with van der Waals surface area (Å²) in [6.07, 6.45) is 4.00. The molecular weight excluding hydrogens is 268 g/mol. The fourth-order valence-corrected chi connectivity index (χ4v) is 3.98. The monoisotopic (exact) mass is 290 g/mol. The van der Waals surface area contributed by atoms with E-state index in [1.807, 2.05) is 20.9 Å². The Bertz CT molecular complexity index is 514. The number of nitrogens with one attached hydrogen (secondary N) is 1. The normalized spacial score (nSPS) is 26.2. The van der Waals surface area contributed by atoms with Gasteiger partial charge in [0.15, 0.2) is 5.16 Å². The maximum absolute atomic E-state index is 9.40. The molecule has 1 saturated carbocycles. The Morgan fingerprint density at radius 1 is 1.30 bits per heavy atom. The van der Waals surface area contributed by atoms with Crippen molar-refractivity contribution in [3.63, 3.8) is 0 Å². The molecule has 4 nitrogen and oxygen atoms in total. The lowest BCUT2D eigenvalue weighted by Gasteiger charge is -2.34. The maximum atomic E-state index is 9.40. The molecule has 1 aromatic heterocycles. The number of hydrogen-bond donors (Lipinski definition) is 1. The lowest BCUT2D eigenvalue weighted by Crippen LogP contribution is -2.46. The number of aromatic nitrogens is 2. The summed E-state index contributed by atoms with van der Waals surface area (Å²) in [6.45, 7) is 6.12. The zero-order chi connectivity index (χ0) is 14.8. The Morgan fingerprint density at radius 3 is 2.50 bits per heavy atom. The molecule has 1 aromatic rings. The first kappa shape index (κ1) is 15.3. The molecule has 1 N–H and O–H groups in total. The summed E-state index contributed by atoms with van der Waals surface area (Å²) in [4.78, 5) is 9.15. The SMILES string of the molecule is CNC1(C#N)CCCC(Sc2nc(C)c(C)c(C)n2)C1. The van der Waals surface area contributed by atoms with E-state index in [1.165, 1.54) is 5.56 Å². The highest BCUT2D eigenvalue weighted by Gasteiger charge is 2.35. The van der Waals surface area contributed by atoms with E-state index < -0.39 is 0 Å². The first-order chi connectivity index (χ1) is 9.49. The summed E-state index contributed by atoms with van der Waals surface area (Å²) >= 11 is 1.72. The molecule has 1 heterocycles. The van der Waals surface area contributed by atoms with Crippen LogP contribution in [0.2, 0.25) is 0 Å². The van der Waals surface area contributed by atoms with Crippen LogP contribution in [0, 0.1) is 32.1 Å². The minimum Gasteiger partial charge on any atom is -0.302 e. The number of rotatable bonds is 3. The van der Waals surface area contributed by atoms with Crippen LogP contribution >= 0.6 is 11.8 Å². The smallest absolute Gasteiger partial charge is 0.188 e. The molecule has 0 aliphatic heterocycles. The van der Waals surface area contributed by atoms with Crippen LogP contribution in [0.3, 0.4) is 0 Å². The third kappa shape index (κ3) is 3.13. The molecule has 20 heavy (non-hydrogen) atoms. The summed E-state index contributed by atoms with van der Waals surface area (Å²) in [7, 11) is 1.88. The predicted octanol–water partition coefficient (Wildman–Crippen LogP) is 2.92. The molecule has 2 unspecified atom stereocenters. The molecule has 0 aromatic carbocycles. The Hall–Kier alpha value is -1.12. The lowest BCUT2D eigenvalue weighted by atomic mass is 9.83. The summed E-state index contributed by atoms with van der Waals surface area (Å²) in [5, 5.41) is 13.9. The Labute approximate surface area is 125 Å². The Kier molecular flexibility index (Phi) is 4.66. The van der Waals surface area contributed by atoms with E-state index >= 15 is 0 Å². The van der Waals surface area contributed by atoms with Crippen molar-refractivity contribution in [3.8, 4) is 6.07 Å².